The minimum Gasteiger partial charge on any atom is -0.398 e. The fraction of sp³-hybridized carbons (Fsp3) is 0.308. The molecule has 0 fully saturated rings. The van der Waals surface area contributed by atoms with Gasteiger partial charge in [0.1, 0.15) is 0 Å². The van der Waals surface area contributed by atoms with E-state index in [1.54, 1.807) is 11.8 Å². The quantitative estimate of drug-likeness (QED) is 0.679. The van der Waals surface area contributed by atoms with Gasteiger partial charge in [-0.05, 0) is 32.0 Å². The Bertz CT molecular complexity index is 537. The Morgan fingerprint density at radius 3 is 2.89 bits per heavy atom. The standard InChI is InChI=1S/C13H16BrN3S/c1-9(2)17-8-16-6-11(17)7-18-13-4-3-10(14)5-12(13)15/h3-6,8-9H,7,15H2,1-2H3. The maximum absolute atomic E-state index is 5.99. The molecule has 0 atom stereocenters. The molecule has 0 amide bonds. The van der Waals surface area contributed by atoms with Crippen LogP contribution in [0.4, 0.5) is 5.69 Å². The number of nitrogens with zero attached hydrogens (tertiary/aromatic N) is 2. The summed E-state index contributed by atoms with van der Waals surface area (Å²) in [6, 6.07) is 6.42. The zero-order valence-electron chi connectivity index (χ0n) is 10.4. The number of nitrogens with two attached hydrogens (primary N) is 1. The van der Waals surface area contributed by atoms with Crippen LogP contribution >= 0.6 is 27.7 Å². The molecule has 5 heteroatoms. The molecule has 0 saturated carbocycles. The van der Waals surface area contributed by atoms with Gasteiger partial charge >= 0.3 is 0 Å². The van der Waals surface area contributed by atoms with Crippen LogP contribution in [0.3, 0.4) is 0 Å². The van der Waals surface area contributed by atoms with E-state index in [2.05, 4.69) is 39.3 Å². The SMILES string of the molecule is CC(C)n1cncc1CSc1ccc(Br)cc1N. The highest BCUT2D eigenvalue weighted by Gasteiger charge is 2.07. The Morgan fingerprint density at radius 1 is 1.44 bits per heavy atom. The van der Waals surface area contributed by atoms with Crippen molar-refractivity contribution in [3.05, 3.63) is 40.9 Å². The summed E-state index contributed by atoms with van der Waals surface area (Å²) in [6.45, 7) is 4.31. The lowest BCUT2D eigenvalue weighted by Gasteiger charge is -2.12. The van der Waals surface area contributed by atoms with Crippen LogP contribution < -0.4 is 5.73 Å². The first-order valence-corrected chi connectivity index (χ1v) is 7.54. The smallest absolute Gasteiger partial charge is 0.0950 e. The Balaban J connectivity index is 2.09. The zero-order valence-corrected chi connectivity index (χ0v) is 12.8. The molecule has 3 nitrogen and oxygen atoms in total. The molecular formula is C13H16BrN3S. The van der Waals surface area contributed by atoms with Gasteiger partial charge in [0, 0.05) is 38.7 Å². The van der Waals surface area contributed by atoms with Crippen LogP contribution in [0, 0.1) is 0 Å². The highest BCUT2D eigenvalue weighted by atomic mass is 79.9. The van der Waals surface area contributed by atoms with Crippen LogP contribution in [0.25, 0.3) is 0 Å². The molecule has 0 spiro atoms. The predicted molar refractivity (Wildman–Crippen MR) is 80.7 cm³/mol. The van der Waals surface area contributed by atoms with Gasteiger partial charge in [-0.2, -0.15) is 0 Å². The van der Waals surface area contributed by atoms with E-state index in [9.17, 15) is 0 Å². The number of imidazole rings is 1. The van der Waals surface area contributed by atoms with Gasteiger partial charge in [-0.1, -0.05) is 15.9 Å². The first-order chi connectivity index (χ1) is 8.58. The van der Waals surface area contributed by atoms with Crippen LogP contribution in [0.15, 0.2) is 40.1 Å². The van der Waals surface area contributed by atoms with Crippen LogP contribution in [-0.2, 0) is 5.75 Å². The molecule has 18 heavy (non-hydrogen) atoms. The van der Waals surface area contributed by atoms with Gasteiger partial charge in [0.2, 0.25) is 0 Å². The number of anilines is 1. The number of hydrogen-bond acceptors (Lipinski definition) is 3. The lowest BCUT2D eigenvalue weighted by molar-refractivity contribution is 0.584. The summed E-state index contributed by atoms with van der Waals surface area (Å²) in [5.74, 6) is 0.879. The molecule has 96 valence electrons. The van der Waals surface area contributed by atoms with Crippen molar-refractivity contribution in [1.29, 1.82) is 0 Å². The van der Waals surface area contributed by atoms with E-state index in [-0.39, 0.29) is 0 Å². The third-order valence-corrected chi connectivity index (χ3v) is 4.27. The largest absolute Gasteiger partial charge is 0.398 e. The molecule has 1 aromatic heterocycles. The second kappa shape index (κ2) is 5.80. The van der Waals surface area contributed by atoms with E-state index < -0.39 is 0 Å². The third-order valence-electron chi connectivity index (χ3n) is 2.65. The Hall–Kier alpha value is -0.940. The van der Waals surface area contributed by atoms with Crippen molar-refractivity contribution in [1.82, 2.24) is 9.55 Å². The van der Waals surface area contributed by atoms with Gasteiger partial charge in [0.05, 0.1) is 6.33 Å². The van der Waals surface area contributed by atoms with Crippen molar-refractivity contribution in [2.45, 2.75) is 30.5 Å². The Labute approximate surface area is 120 Å². The number of benzene rings is 1. The zero-order chi connectivity index (χ0) is 13.1. The topological polar surface area (TPSA) is 43.8 Å². The Morgan fingerprint density at radius 2 is 2.22 bits per heavy atom. The van der Waals surface area contributed by atoms with Crippen molar-refractivity contribution in [2.75, 3.05) is 5.73 Å². The van der Waals surface area contributed by atoms with E-state index in [0.717, 1.165) is 20.8 Å². The van der Waals surface area contributed by atoms with Crippen LogP contribution in [-0.4, -0.2) is 9.55 Å². The fourth-order valence-electron chi connectivity index (χ4n) is 1.71. The second-order valence-corrected chi connectivity index (χ2v) is 6.29. The summed E-state index contributed by atoms with van der Waals surface area (Å²) in [5.41, 5.74) is 8.02. The molecule has 2 rings (SSSR count). The van der Waals surface area contributed by atoms with Crippen molar-refractivity contribution >= 4 is 33.4 Å². The monoisotopic (exact) mass is 325 g/mol. The molecule has 0 bridgehead atoms. The average Bonchev–Trinajstić information content (AvgIpc) is 2.76. The highest BCUT2D eigenvalue weighted by molar-refractivity contribution is 9.10. The van der Waals surface area contributed by atoms with Crippen molar-refractivity contribution in [2.24, 2.45) is 0 Å². The molecule has 2 N–H and O–H groups in total. The summed E-state index contributed by atoms with van der Waals surface area (Å²) < 4.78 is 3.19. The molecular weight excluding hydrogens is 310 g/mol. The van der Waals surface area contributed by atoms with Crippen LogP contribution in [0.2, 0.25) is 0 Å². The van der Waals surface area contributed by atoms with Crippen molar-refractivity contribution in [3.8, 4) is 0 Å². The summed E-state index contributed by atoms with van der Waals surface area (Å²) in [7, 11) is 0. The maximum atomic E-state index is 5.99. The molecule has 0 radical (unpaired) electrons. The predicted octanol–water partition coefficient (Wildman–Crippen LogP) is 4.10. The maximum Gasteiger partial charge on any atom is 0.0950 e. The van der Waals surface area contributed by atoms with Crippen LogP contribution in [0.1, 0.15) is 25.6 Å². The van der Waals surface area contributed by atoms with Gasteiger partial charge in [0.25, 0.3) is 0 Å². The van der Waals surface area contributed by atoms with Gasteiger partial charge < -0.3 is 10.3 Å². The van der Waals surface area contributed by atoms with Crippen molar-refractivity contribution < 1.29 is 0 Å². The molecule has 2 aromatic rings. The molecule has 1 heterocycles. The fourth-order valence-corrected chi connectivity index (χ4v) is 3.01. The normalized spacial score (nSPS) is 11.1. The highest BCUT2D eigenvalue weighted by Crippen LogP contribution is 2.30. The Kier molecular flexibility index (Phi) is 4.35. The number of halogens is 1. The molecule has 0 aliphatic heterocycles. The lowest BCUT2D eigenvalue weighted by atomic mass is 10.3. The molecule has 0 saturated heterocycles. The van der Waals surface area contributed by atoms with Gasteiger partial charge in [-0.3, -0.25) is 0 Å². The molecule has 0 aliphatic carbocycles. The summed E-state index contributed by atoms with van der Waals surface area (Å²) in [6.07, 6.45) is 3.80. The van der Waals surface area contributed by atoms with Gasteiger partial charge in [-0.25, -0.2) is 4.98 Å². The summed E-state index contributed by atoms with van der Waals surface area (Å²) in [4.78, 5) is 5.31. The number of thioether (sulfide) groups is 1. The number of aromatic nitrogens is 2. The van der Waals surface area contributed by atoms with Gasteiger partial charge in [0.15, 0.2) is 0 Å². The molecule has 0 unspecified atom stereocenters. The second-order valence-electron chi connectivity index (χ2n) is 4.36. The lowest BCUT2D eigenvalue weighted by Crippen LogP contribution is -2.03. The average molecular weight is 326 g/mol. The third kappa shape index (κ3) is 3.09. The minimum atomic E-state index is 0.436. The van der Waals surface area contributed by atoms with E-state index in [1.165, 1.54) is 5.69 Å². The number of hydrogen-bond donors (Lipinski definition) is 1. The van der Waals surface area contributed by atoms with E-state index >= 15 is 0 Å². The number of nitrogen functional groups attached to an aromatic ring is 1. The minimum absolute atomic E-state index is 0.436. The molecule has 0 aliphatic rings. The van der Waals surface area contributed by atoms with Crippen molar-refractivity contribution in [3.63, 3.8) is 0 Å². The van der Waals surface area contributed by atoms with Crippen LogP contribution in [0.5, 0.6) is 0 Å². The number of rotatable bonds is 4. The molecule has 1 aromatic carbocycles. The van der Waals surface area contributed by atoms with E-state index in [0.29, 0.717) is 6.04 Å². The van der Waals surface area contributed by atoms with E-state index in [1.807, 2.05) is 30.7 Å². The van der Waals surface area contributed by atoms with Gasteiger partial charge in [-0.15, -0.1) is 11.8 Å². The van der Waals surface area contributed by atoms with E-state index in [4.69, 9.17) is 5.73 Å². The summed E-state index contributed by atoms with van der Waals surface area (Å²) in [5, 5.41) is 0. The first-order valence-electron chi connectivity index (χ1n) is 5.76. The first kappa shape index (κ1) is 13.5. The summed E-state index contributed by atoms with van der Waals surface area (Å²) >= 11 is 5.15.